The number of halogens is 1. The van der Waals surface area contributed by atoms with E-state index in [0.717, 1.165) is 11.3 Å². The van der Waals surface area contributed by atoms with E-state index in [0.29, 0.717) is 9.21 Å². The van der Waals surface area contributed by atoms with Gasteiger partial charge in [0.1, 0.15) is 5.71 Å². The van der Waals surface area contributed by atoms with Crippen LogP contribution in [-0.2, 0) is 4.79 Å². The maximum atomic E-state index is 11.6. The van der Waals surface area contributed by atoms with Gasteiger partial charge < -0.3 is 15.5 Å². The first-order valence-corrected chi connectivity index (χ1v) is 6.61. The minimum absolute atomic E-state index is 0.176. The Morgan fingerprint density at radius 3 is 2.63 bits per heavy atom. The zero-order valence-electron chi connectivity index (χ0n) is 9.85. The molecule has 0 spiro atoms. The number of carboxylic acids is 1. The lowest BCUT2D eigenvalue weighted by Gasteiger charge is -2.12. The Morgan fingerprint density at radius 2 is 2.16 bits per heavy atom. The van der Waals surface area contributed by atoms with Crippen LogP contribution in [0.4, 0.5) is 0 Å². The molecule has 1 aromatic rings. The molecule has 6 nitrogen and oxygen atoms in total. The second kappa shape index (κ2) is 7.22. The molecule has 0 bridgehead atoms. The standard InChI is InChI=1S/C11H13ClN2O4S/c12-8-2-1-7(19-8)10(16)14-4-3-6(5-15)9(13)11(17)18/h1-2,6,13,15H,3-5H2,(H,14,16)(H,17,18)/t6-/m1/s1. The van der Waals surface area contributed by atoms with E-state index in [1.807, 2.05) is 0 Å². The topological polar surface area (TPSA) is 110 Å². The van der Waals surface area contributed by atoms with Gasteiger partial charge in [-0.1, -0.05) is 11.6 Å². The number of aliphatic hydroxyl groups is 1. The molecule has 1 amide bonds. The van der Waals surface area contributed by atoms with Gasteiger partial charge in [-0.3, -0.25) is 10.2 Å². The van der Waals surface area contributed by atoms with Gasteiger partial charge in [0, 0.05) is 12.5 Å². The average molecular weight is 305 g/mol. The number of aliphatic hydroxyl groups excluding tert-OH is 1. The molecule has 1 atom stereocenters. The fraction of sp³-hybridized carbons (Fsp3) is 0.364. The van der Waals surface area contributed by atoms with Crippen molar-refractivity contribution in [3.05, 3.63) is 21.3 Å². The third-order valence-corrected chi connectivity index (χ3v) is 3.66. The summed E-state index contributed by atoms with van der Waals surface area (Å²) < 4.78 is 0.506. The van der Waals surface area contributed by atoms with Crippen LogP contribution in [0, 0.1) is 11.3 Å². The highest BCUT2D eigenvalue weighted by Crippen LogP contribution is 2.21. The molecule has 104 valence electrons. The van der Waals surface area contributed by atoms with Crippen molar-refractivity contribution < 1.29 is 19.8 Å². The van der Waals surface area contributed by atoms with Gasteiger partial charge in [0.25, 0.3) is 5.91 Å². The highest BCUT2D eigenvalue weighted by Gasteiger charge is 2.20. The third kappa shape index (κ3) is 4.62. The second-order valence-corrected chi connectivity index (χ2v) is 5.46. The van der Waals surface area contributed by atoms with E-state index < -0.39 is 24.2 Å². The molecular formula is C11H13ClN2O4S. The van der Waals surface area contributed by atoms with Crippen LogP contribution in [-0.4, -0.2) is 41.0 Å². The number of aliphatic carboxylic acids is 1. The van der Waals surface area contributed by atoms with Crippen molar-refractivity contribution in [3.8, 4) is 0 Å². The summed E-state index contributed by atoms with van der Waals surface area (Å²) in [5.74, 6) is -2.46. The Balaban J connectivity index is 2.43. The number of carbonyl (C=O) groups excluding carboxylic acids is 1. The summed E-state index contributed by atoms with van der Waals surface area (Å²) in [4.78, 5) is 22.7. The Morgan fingerprint density at radius 1 is 1.47 bits per heavy atom. The first-order chi connectivity index (χ1) is 8.95. The zero-order valence-corrected chi connectivity index (χ0v) is 11.4. The molecule has 1 heterocycles. The predicted molar refractivity (Wildman–Crippen MR) is 72.2 cm³/mol. The molecule has 1 aromatic heterocycles. The average Bonchev–Trinajstić information content (AvgIpc) is 2.80. The molecule has 0 unspecified atom stereocenters. The van der Waals surface area contributed by atoms with Gasteiger partial charge in [-0.15, -0.1) is 11.3 Å². The van der Waals surface area contributed by atoms with E-state index in [4.69, 9.17) is 27.2 Å². The van der Waals surface area contributed by atoms with Crippen molar-refractivity contribution in [1.82, 2.24) is 5.32 Å². The molecule has 0 saturated carbocycles. The SMILES string of the molecule is N=C(C(=O)O)[C@@H](CO)CCNC(=O)c1ccc(Cl)s1. The van der Waals surface area contributed by atoms with Gasteiger partial charge >= 0.3 is 5.97 Å². The van der Waals surface area contributed by atoms with E-state index >= 15 is 0 Å². The van der Waals surface area contributed by atoms with E-state index in [9.17, 15) is 9.59 Å². The molecule has 4 N–H and O–H groups in total. The number of thiophene rings is 1. The largest absolute Gasteiger partial charge is 0.477 e. The Labute approximate surface area is 118 Å². The number of hydrogen-bond donors (Lipinski definition) is 4. The second-order valence-electron chi connectivity index (χ2n) is 3.75. The lowest BCUT2D eigenvalue weighted by atomic mass is 10.0. The highest BCUT2D eigenvalue weighted by molar-refractivity contribution is 7.17. The lowest BCUT2D eigenvalue weighted by molar-refractivity contribution is -0.129. The zero-order chi connectivity index (χ0) is 14.4. The summed E-state index contributed by atoms with van der Waals surface area (Å²) in [6.45, 7) is -0.263. The van der Waals surface area contributed by atoms with Crippen LogP contribution < -0.4 is 5.32 Å². The van der Waals surface area contributed by atoms with Gasteiger partial charge in [-0.25, -0.2) is 4.79 Å². The first-order valence-electron chi connectivity index (χ1n) is 5.41. The van der Waals surface area contributed by atoms with Gasteiger partial charge in [0.2, 0.25) is 0 Å². The highest BCUT2D eigenvalue weighted by atomic mass is 35.5. The Hall–Kier alpha value is -1.44. The number of rotatable bonds is 7. The molecule has 0 aromatic carbocycles. The van der Waals surface area contributed by atoms with Gasteiger partial charge in [0.05, 0.1) is 15.8 Å². The quantitative estimate of drug-likeness (QED) is 0.568. The van der Waals surface area contributed by atoms with Crippen molar-refractivity contribution in [3.63, 3.8) is 0 Å². The predicted octanol–water partition coefficient (Wildman–Crippen LogP) is 1.23. The summed E-state index contributed by atoms with van der Waals surface area (Å²) >= 11 is 6.84. The maximum absolute atomic E-state index is 11.6. The number of carbonyl (C=O) groups is 2. The van der Waals surface area contributed by atoms with E-state index in [-0.39, 0.29) is 18.9 Å². The van der Waals surface area contributed by atoms with Gasteiger partial charge in [0.15, 0.2) is 0 Å². The molecule has 0 saturated heterocycles. The van der Waals surface area contributed by atoms with Crippen LogP contribution in [0.15, 0.2) is 12.1 Å². The molecule has 0 fully saturated rings. The van der Waals surface area contributed by atoms with E-state index in [1.165, 1.54) is 0 Å². The van der Waals surface area contributed by atoms with Crippen molar-refractivity contribution >= 4 is 40.5 Å². The third-order valence-electron chi connectivity index (χ3n) is 2.43. The van der Waals surface area contributed by atoms with Crippen molar-refractivity contribution in [2.75, 3.05) is 13.2 Å². The maximum Gasteiger partial charge on any atom is 0.349 e. The summed E-state index contributed by atoms with van der Waals surface area (Å²) in [6, 6.07) is 3.20. The molecule has 1 rings (SSSR count). The van der Waals surface area contributed by atoms with Gasteiger partial charge in [-0.2, -0.15) is 0 Å². The first kappa shape index (κ1) is 15.6. The normalized spacial score (nSPS) is 11.9. The number of amides is 1. The van der Waals surface area contributed by atoms with Crippen LogP contribution in [0.1, 0.15) is 16.1 Å². The Kier molecular flexibility index (Phi) is 5.94. The number of carboxylic acid groups (broad SMARTS) is 1. The van der Waals surface area contributed by atoms with E-state index in [1.54, 1.807) is 12.1 Å². The monoisotopic (exact) mass is 304 g/mol. The van der Waals surface area contributed by atoms with E-state index in [2.05, 4.69) is 5.32 Å². The van der Waals surface area contributed by atoms with Crippen LogP contribution in [0.2, 0.25) is 4.34 Å². The smallest absolute Gasteiger partial charge is 0.349 e. The molecule has 0 aliphatic rings. The molecule has 0 radical (unpaired) electrons. The fourth-order valence-electron chi connectivity index (χ4n) is 1.38. The minimum Gasteiger partial charge on any atom is -0.477 e. The Bertz CT molecular complexity index is 489. The van der Waals surface area contributed by atoms with Crippen molar-refractivity contribution in [2.24, 2.45) is 5.92 Å². The summed E-state index contributed by atoms with van der Waals surface area (Å²) in [5.41, 5.74) is -0.559. The van der Waals surface area contributed by atoms with Gasteiger partial charge in [-0.05, 0) is 18.6 Å². The summed E-state index contributed by atoms with van der Waals surface area (Å²) in [5, 5.41) is 27.5. The number of nitrogens with one attached hydrogen (secondary N) is 2. The van der Waals surface area contributed by atoms with Crippen LogP contribution >= 0.6 is 22.9 Å². The van der Waals surface area contributed by atoms with Crippen molar-refractivity contribution in [2.45, 2.75) is 6.42 Å². The van der Waals surface area contributed by atoms with Crippen molar-refractivity contribution in [1.29, 1.82) is 5.41 Å². The summed E-state index contributed by atoms with van der Waals surface area (Å²) in [6.07, 6.45) is 0.187. The molecular weight excluding hydrogens is 292 g/mol. The fourth-order valence-corrected chi connectivity index (χ4v) is 2.34. The molecule has 0 aliphatic carbocycles. The molecule has 8 heteroatoms. The number of hydrogen-bond acceptors (Lipinski definition) is 5. The molecule has 19 heavy (non-hydrogen) atoms. The van der Waals surface area contributed by atoms with Crippen LogP contribution in [0.25, 0.3) is 0 Å². The van der Waals surface area contributed by atoms with Crippen LogP contribution in [0.5, 0.6) is 0 Å². The minimum atomic E-state index is -1.37. The lowest BCUT2D eigenvalue weighted by Crippen LogP contribution is -2.31. The summed E-state index contributed by atoms with van der Waals surface area (Å²) in [7, 11) is 0. The van der Waals surface area contributed by atoms with Crippen LogP contribution in [0.3, 0.4) is 0 Å². The molecule has 0 aliphatic heterocycles.